The lowest BCUT2D eigenvalue weighted by Crippen LogP contribution is -2.30. The van der Waals surface area contributed by atoms with Crippen molar-refractivity contribution in [1.29, 1.82) is 0 Å². The molecule has 1 atom stereocenters. The van der Waals surface area contributed by atoms with Gasteiger partial charge in [-0.3, -0.25) is 14.4 Å². The Morgan fingerprint density at radius 2 is 0.594 bits per heavy atom. The van der Waals surface area contributed by atoms with E-state index in [0.29, 0.717) is 19.3 Å². The number of esters is 3. The Labute approximate surface area is 426 Å². The van der Waals surface area contributed by atoms with E-state index in [2.05, 4.69) is 118 Å². The molecule has 69 heavy (non-hydrogen) atoms. The summed E-state index contributed by atoms with van der Waals surface area (Å²) in [6.07, 6.45) is 75.4. The molecule has 0 N–H and O–H groups in total. The van der Waals surface area contributed by atoms with E-state index in [9.17, 15) is 14.4 Å². The quantitative estimate of drug-likeness (QED) is 0.0262. The molecule has 0 aliphatic rings. The Bertz CT molecular complexity index is 1380. The molecule has 0 saturated carbocycles. The van der Waals surface area contributed by atoms with Gasteiger partial charge in [-0.05, 0) is 116 Å². The van der Waals surface area contributed by atoms with Gasteiger partial charge in [0.2, 0.25) is 0 Å². The molecular weight excluding hydrogens is 853 g/mol. The number of carbonyl (C=O) groups excluding carboxylic acids is 3. The third kappa shape index (κ3) is 55.1. The lowest BCUT2D eigenvalue weighted by Gasteiger charge is -2.18. The van der Waals surface area contributed by atoms with Crippen molar-refractivity contribution in [3.8, 4) is 0 Å². The summed E-state index contributed by atoms with van der Waals surface area (Å²) in [5.41, 5.74) is 0. The zero-order valence-corrected chi connectivity index (χ0v) is 45.0. The number of rotatable bonds is 51. The number of ether oxygens (including phenoxy) is 3. The third-order valence-electron chi connectivity index (χ3n) is 12.0. The maximum Gasteiger partial charge on any atom is 0.306 e. The molecule has 0 aromatic heterocycles. The van der Waals surface area contributed by atoms with Crippen molar-refractivity contribution in [2.24, 2.45) is 0 Å². The van der Waals surface area contributed by atoms with Gasteiger partial charge in [0.15, 0.2) is 6.10 Å². The first-order valence-corrected chi connectivity index (χ1v) is 28.7. The Kier molecular flexibility index (Phi) is 53.9. The summed E-state index contributed by atoms with van der Waals surface area (Å²) in [6.45, 7) is 6.41. The average Bonchev–Trinajstić information content (AvgIpc) is 3.35. The highest BCUT2D eigenvalue weighted by molar-refractivity contribution is 5.71. The Hall–Kier alpha value is -3.67. The molecule has 0 aliphatic carbocycles. The van der Waals surface area contributed by atoms with Crippen molar-refractivity contribution in [2.75, 3.05) is 13.2 Å². The molecule has 0 radical (unpaired) electrons. The van der Waals surface area contributed by atoms with E-state index in [1.165, 1.54) is 83.5 Å². The topological polar surface area (TPSA) is 78.9 Å². The van der Waals surface area contributed by atoms with Gasteiger partial charge in [0.25, 0.3) is 0 Å². The molecule has 6 nitrogen and oxygen atoms in total. The van der Waals surface area contributed by atoms with Crippen molar-refractivity contribution < 1.29 is 28.6 Å². The van der Waals surface area contributed by atoms with Crippen LogP contribution in [0.25, 0.3) is 0 Å². The Balaban J connectivity index is 4.36. The highest BCUT2D eigenvalue weighted by atomic mass is 16.6. The Morgan fingerprint density at radius 1 is 0.304 bits per heavy atom. The molecule has 0 heterocycles. The molecule has 0 aromatic carbocycles. The van der Waals surface area contributed by atoms with Crippen molar-refractivity contribution in [2.45, 2.75) is 271 Å². The van der Waals surface area contributed by atoms with Crippen LogP contribution in [0.5, 0.6) is 0 Å². The highest BCUT2D eigenvalue weighted by Gasteiger charge is 2.19. The number of carbonyl (C=O) groups is 3. The van der Waals surface area contributed by atoms with Crippen LogP contribution in [-0.2, 0) is 28.6 Å². The van der Waals surface area contributed by atoms with Gasteiger partial charge in [-0.25, -0.2) is 0 Å². The second-order valence-corrected chi connectivity index (χ2v) is 18.8. The van der Waals surface area contributed by atoms with E-state index in [1.54, 1.807) is 0 Å². The van der Waals surface area contributed by atoms with Crippen LogP contribution in [-0.4, -0.2) is 37.2 Å². The van der Waals surface area contributed by atoms with Crippen LogP contribution in [0.15, 0.2) is 97.2 Å². The Morgan fingerprint density at radius 3 is 0.942 bits per heavy atom. The molecule has 6 heteroatoms. The summed E-state index contributed by atoms with van der Waals surface area (Å²) in [4.78, 5) is 38.1. The largest absolute Gasteiger partial charge is 0.462 e. The van der Waals surface area contributed by atoms with Gasteiger partial charge in [0, 0.05) is 19.3 Å². The minimum Gasteiger partial charge on any atom is -0.462 e. The van der Waals surface area contributed by atoms with E-state index < -0.39 is 6.10 Å². The fraction of sp³-hybridized carbons (Fsp3) is 0.698. The summed E-state index contributed by atoms with van der Waals surface area (Å²) in [7, 11) is 0. The maximum atomic E-state index is 12.8. The van der Waals surface area contributed by atoms with Gasteiger partial charge in [0.1, 0.15) is 13.2 Å². The SMILES string of the molecule is CC/C=C\C/C=C\C/C=C\C/C=C\CCCCCCCCCCCCC(=O)OCC(COC(=O)CCCCCCC/C=C\C/C=C\CCC)OC(=O)CCCCCCC/C=C\C/C=C\CCCCC. The van der Waals surface area contributed by atoms with Gasteiger partial charge in [0.05, 0.1) is 0 Å². The van der Waals surface area contributed by atoms with Crippen LogP contribution >= 0.6 is 0 Å². The van der Waals surface area contributed by atoms with E-state index in [4.69, 9.17) is 14.2 Å². The van der Waals surface area contributed by atoms with Gasteiger partial charge in [-0.2, -0.15) is 0 Å². The fourth-order valence-corrected chi connectivity index (χ4v) is 7.74. The number of hydrogen-bond acceptors (Lipinski definition) is 6. The maximum absolute atomic E-state index is 12.8. The van der Waals surface area contributed by atoms with Crippen LogP contribution in [0.2, 0.25) is 0 Å². The van der Waals surface area contributed by atoms with Crippen LogP contribution in [0.3, 0.4) is 0 Å². The van der Waals surface area contributed by atoms with Gasteiger partial charge >= 0.3 is 17.9 Å². The summed E-state index contributed by atoms with van der Waals surface area (Å²) in [5, 5.41) is 0. The minimum atomic E-state index is -0.793. The highest BCUT2D eigenvalue weighted by Crippen LogP contribution is 2.15. The smallest absolute Gasteiger partial charge is 0.306 e. The van der Waals surface area contributed by atoms with Crippen molar-refractivity contribution in [3.05, 3.63) is 97.2 Å². The molecule has 0 bridgehead atoms. The monoisotopic (exact) mass is 959 g/mol. The van der Waals surface area contributed by atoms with Crippen molar-refractivity contribution in [1.82, 2.24) is 0 Å². The molecule has 0 rings (SSSR count). The number of hydrogen-bond donors (Lipinski definition) is 0. The van der Waals surface area contributed by atoms with Crippen molar-refractivity contribution >= 4 is 17.9 Å². The molecule has 0 fully saturated rings. The zero-order chi connectivity index (χ0) is 50.0. The summed E-state index contributed by atoms with van der Waals surface area (Å²) in [5.74, 6) is -0.920. The number of allylic oxidation sites excluding steroid dienone is 16. The van der Waals surface area contributed by atoms with Gasteiger partial charge in [-0.15, -0.1) is 0 Å². The standard InChI is InChI=1S/C63H106O6/c1-4-7-10-13-16-19-22-25-27-28-29-30-31-32-33-34-36-38-41-44-47-50-53-56-62(65)68-59-60(58-67-61(64)55-52-49-46-43-40-37-24-21-18-15-12-9-6-3)69-63(66)57-54-51-48-45-42-39-35-26-23-20-17-14-11-8-5-2/h7,10,12,15-17,19-21,24-27,29-30,35,60H,4-6,8-9,11,13-14,18,22-23,28,31-34,36-59H2,1-3H3/b10-7-,15-12-,19-16-,20-17-,24-21-,27-25-,30-29-,35-26-. The van der Waals surface area contributed by atoms with E-state index >= 15 is 0 Å². The van der Waals surface area contributed by atoms with Gasteiger partial charge in [-0.1, -0.05) is 227 Å². The second kappa shape index (κ2) is 56.9. The molecule has 0 saturated heterocycles. The van der Waals surface area contributed by atoms with Crippen molar-refractivity contribution in [3.63, 3.8) is 0 Å². The zero-order valence-electron chi connectivity index (χ0n) is 45.0. The summed E-state index contributed by atoms with van der Waals surface area (Å²) >= 11 is 0. The van der Waals surface area contributed by atoms with Crippen LogP contribution in [0.4, 0.5) is 0 Å². The predicted octanol–water partition coefficient (Wildman–Crippen LogP) is 19.3. The van der Waals surface area contributed by atoms with Crippen LogP contribution in [0.1, 0.15) is 265 Å². The van der Waals surface area contributed by atoms with Crippen LogP contribution in [0, 0.1) is 0 Å². The molecule has 0 spiro atoms. The number of unbranched alkanes of at least 4 members (excludes halogenated alkanes) is 24. The van der Waals surface area contributed by atoms with E-state index in [0.717, 1.165) is 141 Å². The predicted molar refractivity (Wildman–Crippen MR) is 297 cm³/mol. The third-order valence-corrected chi connectivity index (χ3v) is 12.0. The first kappa shape index (κ1) is 65.3. The fourth-order valence-electron chi connectivity index (χ4n) is 7.74. The minimum absolute atomic E-state index is 0.0903. The molecular formula is C63H106O6. The average molecular weight is 960 g/mol. The summed E-state index contributed by atoms with van der Waals surface area (Å²) < 4.78 is 16.8. The molecule has 0 aromatic rings. The van der Waals surface area contributed by atoms with Gasteiger partial charge < -0.3 is 14.2 Å². The first-order chi connectivity index (χ1) is 34.0. The lowest BCUT2D eigenvalue weighted by atomic mass is 10.1. The molecule has 0 amide bonds. The molecule has 1 unspecified atom stereocenters. The van der Waals surface area contributed by atoms with Crippen LogP contribution < -0.4 is 0 Å². The lowest BCUT2D eigenvalue weighted by molar-refractivity contribution is -0.167. The summed E-state index contributed by atoms with van der Waals surface area (Å²) in [6, 6.07) is 0. The molecule has 0 aliphatic heterocycles. The molecule has 394 valence electrons. The first-order valence-electron chi connectivity index (χ1n) is 28.7. The second-order valence-electron chi connectivity index (χ2n) is 18.8. The normalized spacial score (nSPS) is 12.8. The van der Waals surface area contributed by atoms with E-state index in [-0.39, 0.29) is 31.1 Å². The van der Waals surface area contributed by atoms with E-state index in [1.807, 2.05) is 0 Å².